The van der Waals surface area contributed by atoms with Crippen LogP contribution in [-0.4, -0.2) is 29.9 Å². The van der Waals surface area contributed by atoms with Crippen molar-refractivity contribution < 1.29 is 4.79 Å². The average molecular weight is 331 g/mol. The van der Waals surface area contributed by atoms with Gasteiger partial charge in [0.15, 0.2) is 0 Å². The normalized spacial score (nSPS) is 21.5. The van der Waals surface area contributed by atoms with Crippen LogP contribution in [0.15, 0.2) is 24.3 Å². The number of piperidine rings is 1. The van der Waals surface area contributed by atoms with E-state index in [1.165, 1.54) is 0 Å². The maximum atomic E-state index is 12.6. The lowest BCUT2D eigenvalue weighted by molar-refractivity contribution is -0.137. The Morgan fingerprint density at radius 1 is 1.43 bits per heavy atom. The number of hydrogen-bond acceptors (Lipinski definition) is 2. The number of nitrogens with zero attached hydrogens (tertiary/aromatic N) is 1. The second-order valence-electron chi connectivity index (χ2n) is 5.52. The first-order valence-corrected chi connectivity index (χ1v) is 7.75. The van der Waals surface area contributed by atoms with Gasteiger partial charge in [-0.1, -0.05) is 29.8 Å². The van der Waals surface area contributed by atoms with E-state index in [2.05, 4.69) is 12.2 Å². The van der Waals surface area contributed by atoms with E-state index in [4.69, 9.17) is 11.6 Å². The third-order valence-electron chi connectivity index (χ3n) is 3.99. The van der Waals surface area contributed by atoms with Crippen LogP contribution in [0.3, 0.4) is 0 Å². The van der Waals surface area contributed by atoms with Crippen molar-refractivity contribution in [3.8, 4) is 0 Å². The first-order valence-electron chi connectivity index (χ1n) is 7.37. The summed E-state index contributed by atoms with van der Waals surface area (Å²) in [7, 11) is 0. The van der Waals surface area contributed by atoms with E-state index >= 15 is 0 Å². The fraction of sp³-hybridized carbons (Fsp3) is 0.562. The molecule has 118 valence electrons. The largest absolute Gasteiger partial charge is 0.338 e. The number of nitrogens with one attached hydrogen (secondary N) is 1. The molecule has 1 heterocycles. The van der Waals surface area contributed by atoms with Crippen LogP contribution in [-0.2, 0) is 11.3 Å². The lowest BCUT2D eigenvalue weighted by atomic mass is 9.92. The summed E-state index contributed by atoms with van der Waals surface area (Å²) in [6.45, 7) is 6.43. The molecular formula is C16H24Cl2N2O. The van der Waals surface area contributed by atoms with Gasteiger partial charge in [-0.25, -0.2) is 0 Å². The Balaban J connectivity index is 0.00000220. The third kappa shape index (κ3) is 4.87. The highest BCUT2D eigenvalue weighted by molar-refractivity contribution is 6.31. The van der Waals surface area contributed by atoms with Crippen LogP contribution in [0.2, 0.25) is 5.02 Å². The molecule has 0 radical (unpaired) electrons. The lowest BCUT2D eigenvalue weighted by Gasteiger charge is -2.32. The van der Waals surface area contributed by atoms with Crippen molar-refractivity contribution >= 4 is 29.9 Å². The molecule has 1 N–H and O–H groups in total. The molecule has 0 bridgehead atoms. The number of carbonyl (C=O) groups excluding carboxylic acids is 1. The topological polar surface area (TPSA) is 32.3 Å². The molecule has 0 unspecified atom stereocenters. The molecule has 3 nitrogen and oxygen atoms in total. The quantitative estimate of drug-likeness (QED) is 0.916. The predicted molar refractivity (Wildman–Crippen MR) is 90.0 cm³/mol. The summed E-state index contributed by atoms with van der Waals surface area (Å²) >= 11 is 6.19. The second-order valence-corrected chi connectivity index (χ2v) is 5.93. The number of amides is 1. The first kappa shape index (κ1) is 18.3. The zero-order valence-corrected chi connectivity index (χ0v) is 14.2. The minimum absolute atomic E-state index is 0. The van der Waals surface area contributed by atoms with Gasteiger partial charge in [0.25, 0.3) is 0 Å². The zero-order valence-electron chi connectivity index (χ0n) is 12.6. The van der Waals surface area contributed by atoms with Crippen molar-refractivity contribution in [2.75, 3.05) is 13.1 Å². The van der Waals surface area contributed by atoms with Crippen LogP contribution in [0.1, 0.15) is 32.3 Å². The van der Waals surface area contributed by atoms with Gasteiger partial charge in [-0.05, 0) is 44.9 Å². The van der Waals surface area contributed by atoms with Crippen molar-refractivity contribution in [3.05, 3.63) is 34.9 Å². The molecule has 1 aromatic rings. The summed E-state index contributed by atoms with van der Waals surface area (Å²) in [4.78, 5) is 14.6. The molecule has 0 saturated carbocycles. The van der Waals surface area contributed by atoms with Crippen LogP contribution >= 0.6 is 24.0 Å². The Morgan fingerprint density at radius 2 is 2.14 bits per heavy atom. The molecule has 0 aromatic heterocycles. The van der Waals surface area contributed by atoms with E-state index in [-0.39, 0.29) is 24.2 Å². The number of hydrogen-bond donors (Lipinski definition) is 1. The van der Waals surface area contributed by atoms with E-state index in [1.807, 2.05) is 36.1 Å². The Labute approximate surface area is 138 Å². The van der Waals surface area contributed by atoms with E-state index in [0.717, 1.165) is 36.5 Å². The second kappa shape index (κ2) is 8.62. The molecule has 0 spiro atoms. The molecule has 5 heteroatoms. The van der Waals surface area contributed by atoms with Crippen LogP contribution in [0, 0.1) is 5.92 Å². The molecule has 2 atom stereocenters. The Bertz CT molecular complexity index is 467. The molecule has 1 aliphatic rings. The number of halogens is 2. The van der Waals surface area contributed by atoms with Crippen molar-refractivity contribution in [2.24, 2.45) is 5.92 Å². The van der Waals surface area contributed by atoms with Gasteiger partial charge in [0.2, 0.25) is 5.91 Å². The summed E-state index contributed by atoms with van der Waals surface area (Å²) < 4.78 is 0. The summed E-state index contributed by atoms with van der Waals surface area (Å²) in [5.41, 5.74) is 1.02. The van der Waals surface area contributed by atoms with Gasteiger partial charge >= 0.3 is 0 Å². The van der Waals surface area contributed by atoms with Crippen molar-refractivity contribution in [1.82, 2.24) is 10.2 Å². The van der Waals surface area contributed by atoms with Crippen molar-refractivity contribution in [1.29, 1.82) is 0 Å². The van der Waals surface area contributed by atoms with Gasteiger partial charge in [0.1, 0.15) is 0 Å². The van der Waals surface area contributed by atoms with Crippen LogP contribution < -0.4 is 5.32 Å². The minimum Gasteiger partial charge on any atom is -0.338 e. The van der Waals surface area contributed by atoms with Crippen LogP contribution in [0.5, 0.6) is 0 Å². The summed E-state index contributed by atoms with van der Waals surface area (Å²) in [5, 5.41) is 4.12. The monoisotopic (exact) mass is 330 g/mol. The van der Waals surface area contributed by atoms with Gasteiger partial charge in [-0.2, -0.15) is 0 Å². The molecule has 1 aromatic carbocycles. The Morgan fingerprint density at radius 3 is 2.76 bits per heavy atom. The fourth-order valence-corrected chi connectivity index (χ4v) is 2.99. The van der Waals surface area contributed by atoms with E-state index in [1.54, 1.807) is 0 Å². The molecule has 1 aliphatic heterocycles. The highest BCUT2D eigenvalue weighted by Crippen LogP contribution is 2.22. The highest BCUT2D eigenvalue weighted by Gasteiger charge is 2.28. The van der Waals surface area contributed by atoms with Gasteiger partial charge in [0.05, 0.1) is 0 Å². The van der Waals surface area contributed by atoms with Gasteiger partial charge in [-0.15, -0.1) is 12.4 Å². The predicted octanol–water partition coefficient (Wildman–Crippen LogP) is 3.50. The van der Waals surface area contributed by atoms with Crippen molar-refractivity contribution in [3.63, 3.8) is 0 Å². The van der Waals surface area contributed by atoms with Gasteiger partial charge in [-0.3, -0.25) is 4.79 Å². The number of benzene rings is 1. The first-order chi connectivity index (χ1) is 9.61. The summed E-state index contributed by atoms with van der Waals surface area (Å²) in [6.07, 6.45) is 1.86. The van der Waals surface area contributed by atoms with Gasteiger partial charge in [0, 0.05) is 30.1 Å². The maximum Gasteiger partial charge on any atom is 0.226 e. The molecular weight excluding hydrogens is 307 g/mol. The molecule has 0 aliphatic carbocycles. The third-order valence-corrected chi connectivity index (χ3v) is 4.35. The lowest BCUT2D eigenvalue weighted by Crippen LogP contribution is -2.43. The van der Waals surface area contributed by atoms with E-state index < -0.39 is 0 Å². The molecule has 1 saturated heterocycles. The zero-order chi connectivity index (χ0) is 14.5. The van der Waals surface area contributed by atoms with Crippen molar-refractivity contribution in [2.45, 2.75) is 39.3 Å². The Kier molecular flexibility index (Phi) is 7.50. The average Bonchev–Trinajstić information content (AvgIpc) is 2.46. The fourth-order valence-electron chi connectivity index (χ4n) is 2.79. The molecule has 2 rings (SSSR count). The minimum atomic E-state index is 0. The molecule has 21 heavy (non-hydrogen) atoms. The smallest absolute Gasteiger partial charge is 0.226 e. The molecule has 1 fully saturated rings. The Hall–Kier alpha value is -0.770. The summed E-state index contributed by atoms with van der Waals surface area (Å²) in [5.74, 6) is 0.412. The maximum absolute atomic E-state index is 12.6. The highest BCUT2D eigenvalue weighted by atomic mass is 35.5. The molecule has 1 amide bonds. The van der Waals surface area contributed by atoms with E-state index in [0.29, 0.717) is 12.6 Å². The summed E-state index contributed by atoms with van der Waals surface area (Å²) in [6, 6.07) is 8.17. The standard InChI is InChI=1S/C16H23ClN2O.ClH/c1-3-19(11-14-6-4-5-7-15(14)17)16(20)13-8-9-18-12(2)10-13;/h4-7,12-13,18H,3,8-11H2,1-2H3;1H/t12-,13-;/m0./s1. The van der Waals surface area contributed by atoms with Gasteiger partial charge < -0.3 is 10.2 Å². The number of rotatable bonds is 4. The van der Waals surface area contributed by atoms with Crippen LogP contribution in [0.25, 0.3) is 0 Å². The van der Waals surface area contributed by atoms with Crippen LogP contribution in [0.4, 0.5) is 0 Å². The van der Waals surface area contributed by atoms with E-state index in [9.17, 15) is 4.79 Å². The number of carbonyl (C=O) groups is 1. The SMILES string of the molecule is CCN(Cc1ccccc1Cl)C(=O)[C@H]1CCN[C@@H](C)C1.Cl.